The normalized spacial score (nSPS) is 10.1. The summed E-state index contributed by atoms with van der Waals surface area (Å²) in [5.41, 5.74) is 0. The van der Waals surface area contributed by atoms with E-state index in [1.54, 1.807) is 18.9 Å². The molecule has 72 valence electrons. The van der Waals surface area contributed by atoms with Gasteiger partial charge in [0.05, 0.1) is 0 Å². The van der Waals surface area contributed by atoms with E-state index in [4.69, 9.17) is 9.47 Å². The molecule has 0 atom stereocenters. The Morgan fingerprint density at radius 3 is 2.85 bits per heavy atom. The van der Waals surface area contributed by atoms with Crippen molar-refractivity contribution in [2.75, 3.05) is 20.2 Å². The van der Waals surface area contributed by atoms with E-state index in [1.807, 2.05) is 24.5 Å². The van der Waals surface area contributed by atoms with E-state index in [0.717, 1.165) is 15.1 Å². The molecule has 0 saturated heterocycles. The number of thioether (sulfide) groups is 1. The summed E-state index contributed by atoms with van der Waals surface area (Å²) < 4.78 is 11.2. The standard InChI is InChI=1S/C9H11BrO2S/c1-11-6-12-8-5-7(10)3-4-9(8)13-2/h3-5H,6H2,1-2H3. The molecule has 0 N–H and O–H groups in total. The maximum atomic E-state index is 5.38. The van der Waals surface area contributed by atoms with E-state index >= 15 is 0 Å². The molecule has 0 aliphatic heterocycles. The van der Waals surface area contributed by atoms with Crippen LogP contribution in [-0.2, 0) is 4.74 Å². The van der Waals surface area contributed by atoms with Gasteiger partial charge in [-0.2, -0.15) is 0 Å². The molecule has 1 rings (SSSR count). The highest BCUT2D eigenvalue weighted by Crippen LogP contribution is 2.30. The SMILES string of the molecule is COCOc1cc(Br)ccc1SC. The molecule has 1 aromatic carbocycles. The number of hydrogen-bond donors (Lipinski definition) is 0. The van der Waals surface area contributed by atoms with Gasteiger partial charge in [0.2, 0.25) is 0 Å². The third-order valence-electron chi connectivity index (χ3n) is 1.46. The van der Waals surface area contributed by atoms with E-state index in [2.05, 4.69) is 15.9 Å². The van der Waals surface area contributed by atoms with Crippen LogP contribution >= 0.6 is 27.7 Å². The minimum Gasteiger partial charge on any atom is -0.466 e. The van der Waals surface area contributed by atoms with Crippen LogP contribution in [0.25, 0.3) is 0 Å². The zero-order valence-corrected chi connectivity index (χ0v) is 9.94. The molecule has 0 aliphatic carbocycles. The summed E-state index contributed by atoms with van der Waals surface area (Å²) in [5.74, 6) is 0.851. The number of hydrogen-bond acceptors (Lipinski definition) is 3. The lowest BCUT2D eigenvalue weighted by Crippen LogP contribution is -1.99. The lowest BCUT2D eigenvalue weighted by molar-refractivity contribution is 0.0491. The Hall–Kier alpha value is -0.190. The molecule has 0 aliphatic rings. The van der Waals surface area contributed by atoms with Crippen LogP contribution in [0, 0.1) is 0 Å². The van der Waals surface area contributed by atoms with Gasteiger partial charge in [0.1, 0.15) is 5.75 Å². The van der Waals surface area contributed by atoms with Crippen LogP contribution in [0.1, 0.15) is 0 Å². The van der Waals surface area contributed by atoms with Gasteiger partial charge in [0.15, 0.2) is 6.79 Å². The van der Waals surface area contributed by atoms with Crippen LogP contribution in [0.3, 0.4) is 0 Å². The van der Waals surface area contributed by atoms with Crippen LogP contribution in [0.15, 0.2) is 27.6 Å². The van der Waals surface area contributed by atoms with Gasteiger partial charge in [0, 0.05) is 16.5 Å². The van der Waals surface area contributed by atoms with E-state index in [0.29, 0.717) is 0 Å². The second-order valence-electron chi connectivity index (χ2n) is 2.35. The summed E-state index contributed by atoms with van der Waals surface area (Å²) in [4.78, 5) is 1.11. The molecule has 0 unspecified atom stereocenters. The quantitative estimate of drug-likeness (QED) is 0.614. The topological polar surface area (TPSA) is 18.5 Å². The molecule has 1 aromatic rings. The lowest BCUT2D eigenvalue weighted by atomic mass is 10.3. The van der Waals surface area contributed by atoms with Crippen LogP contribution in [0.2, 0.25) is 0 Å². The van der Waals surface area contributed by atoms with Gasteiger partial charge in [-0.15, -0.1) is 11.8 Å². The molecular weight excluding hydrogens is 252 g/mol. The summed E-state index contributed by atoms with van der Waals surface area (Å²) in [5, 5.41) is 0. The first-order valence-corrected chi connectivity index (χ1v) is 5.75. The van der Waals surface area contributed by atoms with Crippen LogP contribution in [-0.4, -0.2) is 20.2 Å². The Kier molecular flexibility index (Phi) is 4.62. The van der Waals surface area contributed by atoms with Crippen molar-refractivity contribution in [3.63, 3.8) is 0 Å². The number of halogens is 1. The Bertz CT molecular complexity index is 278. The Balaban J connectivity index is 2.81. The zero-order chi connectivity index (χ0) is 9.68. The van der Waals surface area contributed by atoms with E-state index < -0.39 is 0 Å². The summed E-state index contributed by atoms with van der Waals surface area (Å²) in [6.45, 7) is 0.282. The van der Waals surface area contributed by atoms with Crippen molar-refractivity contribution in [2.45, 2.75) is 4.90 Å². The fourth-order valence-electron chi connectivity index (χ4n) is 0.886. The molecular formula is C9H11BrO2S. The Morgan fingerprint density at radius 2 is 2.23 bits per heavy atom. The molecule has 0 heterocycles. The lowest BCUT2D eigenvalue weighted by Gasteiger charge is -2.08. The molecule has 4 heteroatoms. The maximum absolute atomic E-state index is 5.38. The third kappa shape index (κ3) is 3.21. The number of methoxy groups -OCH3 is 1. The average Bonchev–Trinajstić information content (AvgIpc) is 2.15. The van der Waals surface area contributed by atoms with Crippen LogP contribution in [0.5, 0.6) is 5.75 Å². The minimum absolute atomic E-state index is 0.282. The fourth-order valence-corrected chi connectivity index (χ4v) is 1.75. The van der Waals surface area contributed by atoms with Gasteiger partial charge in [-0.3, -0.25) is 0 Å². The molecule has 0 amide bonds. The summed E-state index contributed by atoms with van der Waals surface area (Å²) in [6, 6.07) is 5.94. The van der Waals surface area contributed by atoms with Crippen molar-refractivity contribution in [3.8, 4) is 5.75 Å². The largest absolute Gasteiger partial charge is 0.466 e. The maximum Gasteiger partial charge on any atom is 0.188 e. The predicted octanol–water partition coefficient (Wildman–Crippen LogP) is 3.15. The van der Waals surface area contributed by atoms with Crippen molar-refractivity contribution >= 4 is 27.7 Å². The number of ether oxygens (including phenoxy) is 2. The monoisotopic (exact) mass is 262 g/mol. The van der Waals surface area contributed by atoms with Gasteiger partial charge >= 0.3 is 0 Å². The van der Waals surface area contributed by atoms with Crippen molar-refractivity contribution < 1.29 is 9.47 Å². The van der Waals surface area contributed by atoms with E-state index in [1.165, 1.54) is 0 Å². The van der Waals surface area contributed by atoms with Gasteiger partial charge in [-0.05, 0) is 24.5 Å². The summed E-state index contributed by atoms with van der Waals surface area (Å²) >= 11 is 5.04. The first kappa shape index (κ1) is 10.9. The second kappa shape index (κ2) is 5.52. The second-order valence-corrected chi connectivity index (χ2v) is 4.11. The Morgan fingerprint density at radius 1 is 1.46 bits per heavy atom. The van der Waals surface area contributed by atoms with Crippen molar-refractivity contribution in [3.05, 3.63) is 22.7 Å². The first-order valence-electron chi connectivity index (χ1n) is 3.73. The van der Waals surface area contributed by atoms with E-state index in [-0.39, 0.29) is 6.79 Å². The average molecular weight is 263 g/mol. The molecule has 0 bridgehead atoms. The number of benzene rings is 1. The molecule has 0 aromatic heterocycles. The molecule has 2 nitrogen and oxygen atoms in total. The smallest absolute Gasteiger partial charge is 0.188 e. The van der Waals surface area contributed by atoms with Gasteiger partial charge in [0.25, 0.3) is 0 Å². The van der Waals surface area contributed by atoms with Crippen molar-refractivity contribution in [2.24, 2.45) is 0 Å². The van der Waals surface area contributed by atoms with Crippen molar-refractivity contribution in [1.29, 1.82) is 0 Å². The van der Waals surface area contributed by atoms with Gasteiger partial charge < -0.3 is 9.47 Å². The van der Waals surface area contributed by atoms with Crippen LogP contribution < -0.4 is 4.74 Å². The summed E-state index contributed by atoms with van der Waals surface area (Å²) in [6.07, 6.45) is 2.02. The predicted molar refractivity (Wildman–Crippen MR) is 58.4 cm³/mol. The molecule has 13 heavy (non-hydrogen) atoms. The number of rotatable bonds is 4. The fraction of sp³-hybridized carbons (Fsp3) is 0.333. The highest BCUT2D eigenvalue weighted by molar-refractivity contribution is 9.10. The van der Waals surface area contributed by atoms with E-state index in [9.17, 15) is 0 Å². The highest BCUT2D eigenvalue weighted by Gasteiger charge is 2.02. The molecule has 0 fully saturated rings. The Labute approximate surface area is 90.7 Å². The molecule has 0 radical (unpaired) electrons. The highest BCUT2D eigenvalue weighted by atomic mass is 79.9. The summed E-state index contributed by atoms with van der Waals surface area (Å²) in [7, 11) is 1.61. The molecule has 0 spiro atoms. The van der Waals surface area contributed by atoms with Crippen molar-refractivity contribution in [1.82, 2.24) is 0 Å². The van der Waals surface area contributed by atoms with Crippen LogP contribution in [0.4, 0.5) is 0 Å². The van der Waals surface area contributed by atoms with Gasteiger partial charge in [-0.1, -0.05) is 15.9 Å². The first-order chi connectivity index (χ1) is 6.27. The third-order valence-corrected chi connectivity index (χ3v) is 2.73. The zero-order valence-electron chi connectivity index (χ0n) is 7.54. The molecule has 0 saturated carbocycles. The van der Waals surface area contributed by atoms with Gasteiger partial charge in [-0.25, -0.2) is 0 Å². The minimum atomic E-state index is 0.282.